The summed E-state index contributed by atoms with van der Waals surface area (Å²) >= 11 is 0. The lowest BCUT2D eigenvalue weighted by Gasteiger charge is -2.36. The number of fused-ring (bicyclic) bond motifs is 1. The van der Waals surface area contributed by atoms with Crippen LogP contribution >= 0.6 is 0 Å². The Hall–Kier alpha value is -4.09. The second-order valence-corrected chi connectivity index (χ2v) is 12.2. The third-order valence-corrected chi connectivity index (χ3v) is 7.50. The average Bonchev–Trinajstić information content (AvgIpc) is 3.51. The van der Waals surface area contributed by atoms with Crippen LogP contribution in [0.3, 0.4) is 0 Å². The van der Waals surface area contributed by atoms with E-state index in [9.17, 15) is 9.59 Å². The monoisotopic (exact) mass is 563 g/mol. The van der Waals surface area contributed by atoms with E-state index in [1.54, 1.807) is 26.7 Å². The summed E-state index contributed by atoms with van der Waals surface area (Å²) in [6, 6.07) is 5.81. The molecule has 5 heterocycles. The lowest BCUT2D eigenvalue weighted by atomic mass is 10.1. The van der Waals surface area contributed by atoms with Gasteiger partial charge >= 0.3 is 12.2 Å². The number of pyridine rings is 1. The zero-order chi connectivity index (χ0) is 28.8. The van der Waals surface area contributed by atoms with Gasteiger partial charge in [-0.1, -0.05) is 0 Å². The number of nitrogens with zero attached hydrogens (tertiary/aromatic N) is 7. The number of hydrogen-bond donors (Lipinski definition) is 0. The van der Waals surface area contributed by atoms with Crippen LogP contribution in [0.2, 0.25) is 0 Å². The molecule has 218 valence electrons. The molecule has 0 unspecified atom stereocenters. The smallest absolute Gasteiger partial charge is 0.410 e. The second-order valence-electron chi connectivity index (χ2n) is 12.2. The van der Waals surface area contributed by atoms with E-state index < -0.39 is 11.2 Å². The van der Waals surface area contributed by atoms with E-state index in [1.165, 1.54) is 0 Å². The Labute approximate surface area is 239 Å². The number of rotatable bonds is 5. The molecule has 3 aromatic rings. The first-order chi connectivity index (χ1) is 19.6. The Bertz CT molecular complexity index is 1440. The van der Waals surface area contributed by atoms with E-state index in [0.717, 1.165) is 35.4 Å². The van der Waals surface area contributed by atoms with E-state index in [4.69, 9.17) is 19.2 Å². The van der Waals surface area contributed by atoms with E-state index >= 15 is 0 Å². The summed E-state index contributed by atoms with van der Waals surface area (Å²) in [7, 11) is 0. The molecule has 3 aliphatic rings. The Balaban J connectivity index is 1.08. The van der Waals surface area contributed by atoms with Gasteiger partial charge in [-0.15, -0.1) is 0 Å². The number of likely N-dealkylation sites (tertiary alicyclic amines) is 1. The molecule has 0 N–H and O–H groups in total. The first-order valence-corrected chi connectivity index (χ1v) is 14.2. The Morgan fingerprint density at radius 2 is 1.78 bits per heavy atom. The molecule has 12 heteroatoms. The van der Waals surface area contributed by atoms with Gasteiger partial charge in [0.25, 0.3) is 0 Å². The molecule has 1 aliphatic carbocycles. The van der Waals surface area contributed by atoms with E-state index in [0.29, 0.717) is 51.6 Å². The molecule has 0 aromatic carbocycles. The van der Waals surface area contributed by atoms with E-state index in [1.807, 2.05) is 52.1 Å². The van der Waals surface area contributed by atoms with Crippen molar-refractivity contribution < 1.29 is 23.8 Å². The highest BCUT2D eigenvalue weighted by atomic mass is 16.6. The highest BCUT2D eigenvalue weighted by molar-refractivity contribution is 5.80. The molecule has 0 radical (unpaired) electrons. The van der Waals surface area contributed by atoms with E-state index in [-0.39, 0.29) is 18.3 Å². The fraction of sp³-hybridized carbons (Fsp3) is 0.552. The first kappa shape index (κ1) is 27.1. The van der Waals surface area contributed by atoms with Crippen LogP contribution in [0.4, 0.5) is 15.4 Å². The topological polar surface area (TPSA) is 115 Å². The van der Waals surface area contributed by atoms with Gasteiger partial charge in [-0.2, -0.15) is 5.10 Å². The number of piperazine rings is 1. The number of amides is 2. The van der Waals surface area contributed by atoms with Crippen LogP contribution in [-0.4, -0.2) is 98.1 Å². The summed E-state index contributed by atoms with van der Waals surface area (Å²) in [5.41, 5.74) is 1.14. The minimum absolute atomic E-state index is 0.233. The summed E-state index contributed by atoms with van der Waals surface area (Å²) in [5, 5.41) is 4.49. The largest absolute Gasteiger partial charge is 0.474 e. The van der Waals surface area contributed by atoms with Gasteiger partial charge in [0.05, 0.1) is 18.3 Å². The lowest BCUT2D eigenvalue weighted by molar-refractivity contribution is -0.00147. The number of ether oxygens (including phenoxy) is 3. The summed E-state index contributed by atoms with van der Waals surface area (Å²) < 4.78 is 19.2. The van der Waals surface area contributed by atoms with Crippen molar-refractivity contribution in [1.29, 1.82) is 0 Å². The van der Waals surface area contributed by atoms with Crippen LogP contribution < -0.4 is 9.64 Å². The normalized spacial score (nSPS) is 21.3. The maximum absolute atomic E-state index is 13.1. The summed E-state index contributed by atoms with van der Waals surface area (Å²) in [5.74, 6) is 1.42. The molecule has 3 fully saturated rings. The van der Waals surface area contributed by atoms with Crippen molar-refractivity contribution >= 4 is 23.7 Å². The summed E-state index contributed by atoms with van der Waals surface area (Å²) in [6.07, 6.45) is 7.60. The van der Waals surface area contributed by atoms with Crippen LogP contribution in [0, 0.1) is 0 Å². The standard InChI is InChI=1S/C29H37N7O5/c1-28(2,3)40-27(38)35-13-10-29(4,19-35)41-26(37)34-16-14-33(15-17-34)23-9-12-36-24(32-23)22(18-31-36)21-6-5-11-30-25(21)39-20-7-8-20/h5-6,9,11-12,18,20H,7-8,10,13-17,19H2,1-4H3/t29-/m0/s1. The Morgan fingerprint density at radius 3 is 2.51 bits per heavy atom. The molecule has 0 spiro atoms. The lowest BCUT2D eigenvalue weighted by Crippen LogP contribution is -2.51. The minimum Gasteiger partial charge on any atom is -0.474 e. The zero-order valence-electron chi connectivity index (χ0n) is 24.1. The van der Waals surface area contributed by atoms with E-state index in [2.05, 4.69) is 15.0 Å². The molecule has 1 saturated carbocycles. The molecule has 6 rings (SSSR count). The quantitative estimate of drug-likeness (QED) is 0.454. The van der Waals surface area contributed by atoms with Crippen LogP contribution in [-0.2, 0) is 9.47 Å². The molecular weight excluding hydrogens is 526 g/mol. The van der Waals surface area contributed by atoms with Crippen molar-refractivity contribution in [2.75, 3.05) is 44.2 Å². The predicted octanol–water partition coefficient (Wildman–Crippen LogP) is 3.99. The van der Waals surface area contributed by atoms with Crippen molar-refractivity contribution in [3.8, 4) is 17.0 Å². The number of hydrogen-bond acceptors (Lipinski definition) is 9. The van der Waals surface area contributed by atoms with Gasteiger partial charge in [0.2, 0.25) is 5.88 Å². The van der Waals surface area contributed by atoms with Gasteiger partial charge in [-0.25, -0.2) is 24.1 Å². The fourth-order valence-corrected chi connectivity index (χ4v) is 5.15. The molecule has 1 atom stereocenters. The molecule has 2 aliphatic heterocycles. The van der Waals surface area contributed by atoms with Crippen molar-refractivity contribution in [2.24, 2.45) is 0 Å². The van der Waals surface area contributed by atoms with Crippen molar-refractivity contribution in [1.82, 2.24) is 29.4 Å². The SMILES string of the molecule is CC(C)(C)OC(=O)N1CC[C@](C)(OC(=O)N2CCN(c3ccn4ncc(-c5cccnc5OC5CC5)c4n3)CC2)C1. The van der Waals surface area contributed by atoms with Gasteiger partial charge in [0.15, 0.2) is 5.65 Å². The highest BCUT2D eigenvalue weighted by Gasteiger charge is 2.42. The van der Waals surface area contributed by atoms with Crippen LogP contribution in [0.5, 0.6) is 5.88 Å². The van der Waals surface area contributed by atoms with Crippen molar-refractivity contribution in [3.63, 3.8) is 0 Å². The Morgan fingerprint density at radius 1 is 1.00 bits per heavy atom. The molecule has 3 aromatic heterocycles. The zero-order valence-corrected chi connectivity index (χ0v) is 24.1. The third-order valence-electron chi connectivity index (χ3n) is 7.50. The first-order valence-electron chi connectivity index (χ1n) is 14.2. The molecule has 0 bridgehead atoms. The average molecular weight is 564 g/mol. The van der Waals surface area contributed by atoms with Gasteiger partial charge in [0.1, 0.15) is 23.1 Å². The minimum atomic E-state index is -0.746. The molecule has 41 heavy (non-hydrogen) atoms. The van der Waals surface area contributed by atoms with Gasteiger partial charge in [-0.3, -0.25) is 0 Å². The fourth-order valence-electron chi connectivity index (χ4n) is 5.15. The van der Waals surface area contributed by atoms with Gasteiger partial charge < -0.3 is 28.9 Å². The molecular formula is C29H37N7O5. The van der Waals surface area contributed by atoms with Crippen molar-refractivity contribution in [3.05, 3.63) is 36.8 Å². The van der Waals surface area contributed by atoms with Gasteiger partial charge in [0, 0.05) is 57.1 Å². The maximum Gasteiger partial charge on any atom is 0.410 e. The number of anilines is 1. The second kappa shape index (κ2) is 10.4. The Kier molecular flexibility index (Phi) is 6.87. The number of carbonyl (C=O) groups excluding carboxylic acids is 2. The summed E-state index contributed by atoms with van der Waals surface area (Å²) in [4.78, 5) is 40.4. The van der Waals surface area contributed by atoms with Crippen LogP contribution in [0.1, 0.15) is 47.0 Å². The number of aromatic nitrogens is 4. The maximum atomic E-state index is 13.1. The predicted molar refractivity (Wildman–Crippen MR) is 151 cm³/mol. The summed E-state index contributed by atoms with van der Waals surface area (Å²) in [6.45, 7) is 10.4. The highest BCUT2D eigenvalue weighted by Crippen LogP contribution is 2.35. The molecule has 2 amide bonds. The van der Waals surface area contributed by atoms with Crippen LogP contribution in [0.25, 0.3) is 16.8 Å². The molecule has 2 saturated heterocycles. The van der Waals surface area contributed by atoms with Crippen molar-refractivity contribution in [2.45, 2.75) is 64.3 Å². The van der Waals surface area contributed by atoms with Crippen LogP contribution in [0.15, 0.2) is 36.8 Å². The van der Waals surface area contributed by atoms with Gasteiger partial charge in [-0.05, 0) is 58.7 Å². The third kappa shape index (κ3) is 6.01. The molecule has 12 nitrogen and oxygen atoms in total. The number of carbonyl (C=O) groups is 2.